The van der Waals surface area contributed by atoms with E-state index in [-0.39, 0.29) is 0 Å². The number of aliphatic hydroxyl groups is 1. The van der Waals surface area contributed by atoms with E-state index in [1.165, 1.54) is 44.9 Å². The van der Waals surface area contributed by atoms with Crippen molar-refractivity contribution in [3.05, 3.63) is 0 Å². The van der Waals surface area contributed by atoms with Crippen molar-refractivity contribution < 1.29 is 22.6 Å². The van der Waals surface area contributed by atoms with Crippen LogP contribution in [0.1, 0.15) is 65.7 Å². The summed E-state index contributed by atoms with van der Waals surface area (Å²) in [7, 11) is -5.17. The highest BCUT2D eigenvalue weighted by molar-refractivity contribution is 7.79. The van der Waals surface area contributed by atoms with Gasteiger partial charge in [0.05, 0.1) is 0 Å². The molecular formula is C13H28O5S-2. The van der Waals surface area contributed by atoms with Crippen molar-refractivity contribution in [1.29, 1.82) is 0 Å². The molecule has 118 valence electrons. The minimum Gasteiger partial charge on any atom is -0.759 e. The Kier molecular flexibility index (Phi) is 14.3. The third kappa shape index (κ3) is 23.4. The zero-order valence-corrected chi connectivity index (χ0v) is 13.1. The van der Waals surface area contributed by atoms with Crippen LogP contribution in [0, 0.1) is 11.8 Å². The molecule has 1 N–H and O–H groups in total. The monoisotopic (exact) mass is 296 g/mol. The summed E-state index contributed by atoms with van der Waals surface area (Å²) in [6.45, 7) is 7.00. The fourth-order valence-electron chi connectivity index (χ4n) is 1.71. The second-order valence-electron chi connectivity index (χ2n) is 5.10. The normalized spacial score (nSPS) is 14.4. The van der Waals surface area contributed by atoms with E-state index in [4.69, 9.17) is 22.6 Å². The predicted molar refractivity (Wildman–Crippen MR) is 73.9 cm³/mol. The second-order valence-corrected chi connectivity index (χ2v) is 5.92. The van der Waals surface area contributed by atoms with Gasteiger partial charge in [-0.05, 0) is 11.8 Å². The molecular weight excluding hydrogens is 268 g/mol. The molecule has 2 unspecified atom stereocenters. The smallest absolute Gasteiger partial charge is 0.0459 e. The molecule has 0 saturated heterocycles. The van der Waals surface area contributed by atoms with Crippen molar-refractivity contribution in [2.75, 3.05) is 6.61 Å². The molecule has 5 nitrogen and oxygen atoms in total. The lowest BCUT2D eigenvalue weighted by molar-refractivity contribution is 0.188. The van der Waals surface area contributed by atoms with Gasteiger partial charge in [0.1, 0.15) is 0 Å². The highest BCUT2D eigenvalue weighted by Gasteiger charge is 2.09. The van der Waals surface area contributed by atoms with E-state index in [1.54, 1.807) is 0 Å². The van der Waals surface area contributed by atoms with Crippen LogP contribution in [0.3, 0.4) is 0 Å². The maximum absolute atomic E-state index is 8.98. The number of hydrogen-bond acceptors (Lipinski definition) is 5. The first-order valence-electron chi connectivity index (χ1n) is 6.99. The van der Waals surface area contributed by atoms with E-state index in [0.29, 0.717) is 18.4 Å². The zero-order valence-electron chi connectivity index (χ0n) is 12.3. The van der Waals surface area contributed by atoms with Gasteiger partial charge in [-0.2, -0.15) is 0 Å². The molecule has 0 saturated carbocycles. The third-order valence-electron chi connectivity index (χ3n) is 3.27. The van der Waals surface area contributed by atoms with Crippen LogP contribution in [0.5, 0.6) is 0 Å². The van der Waals surface area contributed by atoms with Crippen LogP contribution in [-0.4, -0.2) is 29.2 Å². The Balaban J connectivity index is 0. The molecule has 2 atom stereocenters. The first kappa shape index (κ1) is 21.1. The van der Waals surface area contributed by atoms with Crippen LogP contribution in [0.25, 0.3) is 0 Å². The molecule has 0 aliphatic carbocycles. The second kappa shape index (κ2) is 12.8. The first-order valence-corrected chi connectivity index (χ1v) is 8.33. The van der Waals surface area contributed by atoms with Gasteiger partial charge >= 0.3 is 0 Å². The van der Waals surface area contributed by atoms with Crippen LogP contribution in [-0.2, 0) is 10.4 Å². The SMILES string of the molecule is CCCCCCCCC(C)C(C)CO.O=S(=O)([O-])[O-]. The predicted octanol–water partition coefficient (Wildman–Crippen LogP) is 2.66. The number of unbranched alkanes of at least 4 members (excludes halogenated alkanes) is 5. The largest absolute Gasteiger partial charge is 0.759 e. The summed E-state index contributed by atoms with van der Waals surface area (Å²) < 4.78 is 34.1. The Labute approximate surface area is 118 Å². The van der Waals surface area contributed by atoms with E-state index >= 15 is 0 Å². The van der Waals surface area contributed by atoms with Gasteiger partial charge in [-0.1, -0.05) is 65.7 Å². The minimum atomic E-state index is -5.17. The summed E-state index contributed by atoms with van der Waals surface area (Å²) in [5.74, 6) is 1.16. The van der Waals surface area contributed by atoms with E-state index in [0.717, 1.165) is 0 Å². The first-order chi connectivity index (χ1) is 8.72. The molecule has 0 aromatic rings. The van der Waals surface area contributed by atoms with Crippen LogP contribution in [0.2, 0.25) is 0 Å². The van der Waals surface area contributed by atoms with Gasteiger partial charge in [0, 0.05) is 17.0 Å². The highest BCUT2D eigenvalue weighted by atomic mass is 32.3. The zero-order chi connectivity index (χ0) is 15.3. The third-order valence-corrected chi connectivity index (χ3v) is 3.27. The average molecular weight is 296 g/mol. The van der Waals surface area contributed by atoms with Crippen LogP contribution in [0.15, 0.2) is 0 Å². The molecule has 0 aromatic heterocycles. The summed E-state index contributed by atoms with van der Waals surface area (Å²) in [5.41, 5.74) is 0. The van der Waals surface area contributed by atoms with Gasteiger partial charge < -0.3 is 14.2 Å². The fourth-order valence-corrected chi connectivity index (χ4v) is 1.71. The van der Waals surface area contributed by atoms with E-state index < -0.39 is 10.4 Å². The van der Waals surface area contributed by atoms with E-state index in [9.17, 15) is 0 Å². The van der Waals surface area contributed by atoms with Crippen molar-refractivity contribution in [3.8, 4) is 0 Å². The summed E-state index contributed by atoms with van der Waals surface area (Å²) in [6, 6.07) is 0. The van der Waals surface area contributed by atoms with Crippen LogP contribution < -0.4 is 0 Å². The van der Waals surface area contributed by atoms with Gasteiger partial charge in [-0.15, -0.1) is 0 Å². The molecule has 0 aliphatic rings. The molecule has 0 spiro atoms. The summed E-state index contributed by atoms with van der Waals surface area (Å²) in [6.07, 6.45) is 9.53. The Hall–Kier alpha value is -0.170. The molecule has 0 amide bonds. The average Bonchev–Trinajstić information content (AvgIpc) is 2.30. The maximum atomic E-state index is 8.98. The minimum absolute atomic E-state index is 0.344. The molecule has 19 heavy (non-hydrogen) atoms. The van der Waals surface area contributed by atoms with Gasteiger partial charge in [-0.25, -0.2) is 0 Å². The molecule has 0 aromatic carbocycles. The summed E-state index contributed by atoms with van der Waals surface area (Å²) >= 11 is 0. The highest BCUT2D eigenvalue weighted by Crippen LogP contribution is 2.18. The van der Waals surface area contributed by atoms with Crippen LogP contribution >= 0.6 is 0 Å². The van der Waals surface area contributed by atoms with E-state index in [1.807, 2.05) is 0 Å². The molecule has 0 aliphatic heterocycles. The Morgan fingerprint density at radius 2 is 1.37 bits per heavy atom. The van der Waals surface area contributed by atoms with Gasteiger partial charge in [0.15, 0.2) is 0 Å². The maximum Gasteiger partial charge on any atom is 0.0459 e. The van der Waals surface area contributed by atoms with Crippen molar-refractivity contribution >= 4 is 10.4 Å². The fraction of sp³-hybridized carbons (Fsp3) is 1.00. The lowest BCUT2D eigenvalue weighted by Gasteiger charge is -2.16. The molecule has 0 radical (unpaired) electrons. The topological polar surface area (TPSA) is 100 Å². The Bertz CT molecular complexity index is 269. The lowest BCUT2D eigenvalue weighted by Crippen LogP contribution is -2.11. The molecule has 0 fully saturated rings. The van der Waals surface area contributed by atoms with Crippen molar-refractivity contribution in [2.45, 2.75) is 65.7 Å². The molecule has 0 bridgehead atoms. The number of aliphatic hydroxyl groups excluding tert-OH is 1. The molecule has 0 heterocycles. The summed E-state index contributed by atoms with van der Waals surface area (Å²) in [4.78, 5) is 0. The Morgan fingerprint density at radius 1 is 0.947 bits per heavy atom. The standard InChI is InChI=1S/C13H28O.H2O4S/c1-4-5-6-7-8-9-10-12(2)13(3)11-14;1-5(2,3)4/h12-14H,4-11H2,1-3H3;(H2,1,2,3,4)/p-2. The quantitative estimate of drug-likeness (QED) is 0.400. The van der Waals surface area contributed by atoms with Crippen molar-refractivity contribution in [2.24, 2.45) is 11.8 Å². The van der Waals surface area contributed by atoms with E-state index in [2.05, 4.69) is 20.8 Å². The van der Waals surface area contributed by atoms with Gasteiger partial charge in [0.2, 0.25) is 0 Å². The lowest BCUT2D eigenvalue weighted by atomic mass is 9.91. The Morgan fingerprint density at radius 3 is 1.79 bits per heavy atom. The van der Waals surface area contributed by atoms with Crippen molar-refractivity contribution in [1.82, 2.24) is 0 Å². The number of hydrogen-bond donors (Lipinski definition) is 1. The summed E-state index contributed by atoms with van der Waals surface area (Å²) in [5, 5.41) is 8.98. The van der Waals surface area contributed by atoms with Crippen LogP contribution in [0.4, 0.5) is 0 Å². The van der Waals surface area contributed by atoms with Crippen molar-refractivity contribution in [3.63, 3.8) is 0 Å². The van der Waals surface area contributed by atoms with Gasteiger partial charge in [-0.3, -0.25) is 8.42 Å². The number of rotatable bonds is 9. The van der Waals surface area contributed by atoms with Gasteiger partial charge in [0.25, 0.3) is 0 Å². The molecule has 6 heteroatoms. The molecule has 0 rings (SSSR count).